The van der Waals surface area contributed by atoms with E-state index >= 15 is 0 Å². The molecule has 1 aromatic heterocycles. The summed E-state index contributed by atoms with van der Waals surface area (Å²) in [6.45, 7) is 1.42. The van der Waals surface area contributed by atoms with Crippen molar-refractivity contribution in [1.29, 1.82) is 0 Å². The van der Waals surface area contributed by atoms with Gasteiger partial charge in [-0.2, -0.15) is 0 Å². The molecule has 0 fully saturated rings. The zero-order valence-electron chi connectivity index (χ0n) is 7.48. The van der Waals surface area contributed by atoms with Crippen molar-refractivity contribution in [2.24, 2.45) is 0 Å². The van der Waals surface area contributed by atoms with Crippen LogP contribution in [0, 0.1) is 0 Å². The Hall–Kier alpha value is -1.09. The third-order valence-electron chi connectivity index (χ3n) is 2.44. The fraction of sp³-hybridized carbons (Fsp3) is 0.500. The number of ether oxygens (including phenoxy) is 1. The van der Waals surface area contributed by atoms with E-state index in [1.807, 2.05) is 12.3 Å². The molecule has 2 rings (SSSR count). The molecule has 0 unspecified atom stereocenters. The fourth-order valence-corrected chi connectivity index (χ4v) is 1.77. The smallest absolute Gasteiger partial charge is 0.122 e. The summed E-state index contributed by atoms with van der Waals surface area (Å²) < 4.78 is 7.57. The second-order valence-corrected chi connectivity index (χ2v) is 3.29. The highest BCUT2D eigenvalue weighted by Gasteiger charge is 2.16. The Morgan fingerprint density at radius 1 is 1.69 bits per heavy atom. The number of carbonyl (C=O) groups is 1. The summed E-state index contributed by atoms with van der Waals surface area (Å²) in [4.78, 5) is 10.4. The number of rotatable bonds is 2. The van der Waals surface area contributed by atoms with Crippen LogP contribution in [-0.2, 0) is 16.0 Å². The number of hydrogen-bond donors (Lipinski definition) is 0. The maximum atomic E-state index is 10.4. The van der Waals surface area contributed by atoms with Crippen LogP contribution >= 0.6 is 0 Å². The van der Waals surface area contributed by atoms with Crippen molar-refractivity contribution in [3.8, 4) is 0 Å². The molecule has 0 saturated carbocycles. The third-order valence-corrected chi connectivity index (χ3v) is 2.44. The van der Waals surface area contributed by atoms with E-state index in [2.05, 4.69) is 10.6 Å². The Kier molecular flexibility index (Phi) is 2.45. The Morgan fingerprint density at radius 2 is 2.62 bits per heavy atom. The van der Waals surface area contributed by atoms with Gasteiger partial charge >= 0.3 is 0 Å². The number of aldehydes is 1. The van der Waals surface area contributed by atoms with Gasteiger partial charge in [0.2, 0.25) is 0 Å². The van der Waals surface area contributed by atoms with E-state index < -0.39 is 0 Å². The van der Waals surface area contributed by atoms with Gasteiger partial charge < -0.3 is 14.1 Å². The van der Waals surface area contributed by atoms with Crippen molar-refractivity contribution in [2.75, 3.05) is 13.2 Å². The minimum Gasteiger partial charge on any atom is -0.379 e. The molecular weight excluding hydrogens is 166 g/mol. The standard InChI is InChI=1S/C10H13NO2/c12-6-3-10-8-13-7-4-9-2-1-5-11(9)10/h1-2,5-6,10H,3-4,7-8H2/t10-/m0/s1. The average Bonchev–Trinajstić information content (AvgIpc) is 2.52. The molecule has 13 heavy (non-hydrogen) atoms. The van der Waals surface area contributed by atoms with E-state index in [1.54, 1.807) is 0 Å². The number of carbonyl (C=O) groups excluding carboxylic acids is 1. The van der Waals surface area contributed by atoms with Crippen molar-refractivity contribution in [2.45, 2.75) is 18.9 Å². The highest BCUT2D eigenvalue weighted by Crippen LogP contribution is 2.18. The Labute approximate surface area is 77.3 Å². The van der Waals surface area contributed by atoms with Crippen LogP contribution < -0.4 is 0 Å². The first kappa shape index (κ1) is 8.51. The summed E-state index contributed by atoms with van der Waals surface area (Å²) in [6.07, 6.45) is 4.48. The summed E-state index contributed by atoms with van der Waals surface area (Å²) in [7, 11) is 0. The number of hydrogen-bond acceptors (Lipinski definition) is 2. The van der Waals surface area contributed by atoms with Crippen molar-refractivity contribution < 1.29 is 9.53 Å². The molecule has 0 spiro atoms. The molecule has 0 aromatic carbocycles. The molecule has 3 nitrogen and oxygen atoms in total. The zero-order chi connectivity index (χ0) is 9.10. The van der Waals surface area contributed by atoms with Gasteiger partial charge in [-0.15, -0.1) is 0 Å². The molecule has 70 valence electrons. The summed E-state index contributed by atoms with van der Waals surface area (Å²) in [5.74, 6) is 0. The number of nitrogens with zero attached hydrogens (tertiary/aromatic N) is 1. The molecule has 0 amide bonds. The summed E-state index contributed by atoms with van der Waals surface area (Å²) >= 11 is 0. The molecule has 1 aliphatic heterocycles. The van der Waals surface area contributed by atoms with Crippen LogP contribution in [0.15, 0.2) is 18.3 Å². The molecule has 0 saturated heterocycles. The molecule has 0 bridgehead atoms. The lowest BCUT2D eigenvalue weighted by Gasteiger charge is -2.15. The quantitative estimate of drug-likeness (QED) is 0.638. The van der Waals surface area contributed by atoms with Crippen LogP contribution in [0.1, 0.15) is 18.2 Å². The highest BCUT2D eigenvalue weighted by molar-refractivity contribution is 5.50. The predicted molar refractivity (Wildman–Crippen MR) is 48.7 cm³/mol. The van der Waals surface area contributed by atoms with Crippen LogP contribution in [0.4, 0.5) is 0 Å². The monoisotopic (exact) mass is 179 g/mol. The van der Waals surface area contributed by atoms with Crippen molar-refractivity contribution in [3.63, 3.8) is 0 Å². The van der Waals surface area contributed by atoms with Gasteiger partial charge in [-0.25, -0.2) is 0 Å². The number of fused-ring (bicyclic) bond motifs is 1. The van der Waals surface area contributed by atoms with E-state index in [1.165, 1.54) is 5.69 Å². The first-order valence-electron chi connectivity index (χ1n) is 4.59. The Balaban J connectivity index is 2.25. The SMILES string of the molecule is O=CC[C@H]1COCCc2cccn21. The second-order valence-electron chi connectivity index (χ2n) is 3.29. The zero-order valence-corrected chi connectivity index (χ0v) is 7.48. The Morgan fingerprint density at radius 3 is 3.46 bits per heavy atom. The normalized spacial score (nSPS) is 22.0. The van der Waals surface area contributed by atoms with E-state index in [0.29, 0.717) is 13.0 Å². The molecule has 1 aliphatic rings. The molecule has 3 heteroatoms. The van der Waals surface area contributed by atoms with Gasteiger partial charge in [-0.1, -0.05) is 0 Å². The van der Waals surface area contributed by atoms with Crippen molar-refractivity contribution in [3.05, 3.63) is 24.0 Å². The van der Waals surface area contributed by atoms with Gasteiger partial charge in [0.25, 0.3) is 0 Å². The maximum absolute atomic E-state index is 10.4. The highest BCUT2D eigenvalue weighted by atomic mass is 16.5. The molecular formula is C10H13NO2. The molecule has 2 heterocycles. The molecule has 0 radical (unpaired) electrons. The summed E-state index contributed by atoms with van der Waals surface area (Å²) in [6, 6.07) is 4.32. The first-order valence-corrected chi connectivity index (χ1v) is 4.59. The van der Waals surface area contributed by atoms with E-state index in [-0.39, 0.29) is 6.04 Å². The topological polar surface area (TPSA) is 31.2 Å². The molecule has 1 atom stereocenters. The fourth-order valence-electron chi connectivity index (χ4n) is 1.77. The average molecular weight is 179 g/mol. The molecule has 1 aromatic rings. The molecule has 0 N–H and O–H groups in total. The van der Waals surface area contributed by atoms with Crippen molar-refractivity contribution >= 4 is 6.29 Å². The van der Waals surface area contributed by atoms with Crippen LogP contribution in [-0.4, -0.2) is 24.1 Å². The minimum atomic E-state index is 0.199. The molecule has 0 aliphatic carbocycles. The van der Waals surface area contributed by atoms with Gasteiger partial charge in [0.1, 0.15) is 6.29 Å². The largest absolute Gasteiger partial charge is 0.379 e. The predicted octanol–water partition coefficient (Wildman–Crippen LogP) is 1.19. The first-order chi connectivity index (χ1) is 6.42. The van der Waals surface area contributed by atoms with Gasteiger partial charge in [-0.3, -0.25) is 0 Å². The minimum absolute atomic E-state index is 0.199. The lowest BCUT2D eigenvalue weighted by molar-refractivity contribution is -0.108. The van der Waals surface area contributed by atoms with Gasteiger partial charge in [-0.05, 0) is 12.1 Å². The Bertz CT molecular complexity index is 293. The lowest BCUT2D eigenvalue weighted by Crippen LogP contribution is -2.13. The van der Waals surface area contributed by atoms with Crippen LogP contribution in [0.3, 0.4) is 0 Å². The van der Waals surface area contributed by atoms with Crippen LogP contribution in [0.25, 0.3) is 0 Å². The second kappa shape index (κ2) is 3.75. The summed E-state index contributed by atoms with van der Waals surface area (Å²) in [5.41, 5.74) is 1.27. The van der Waals surface area contributed by atoms with Gasteiger partial charge in [0, 0.05) is 24.7 Å². The lowest BCUT2D eigenvalue weighted by atomic mass is 10.2. The van der Waals surface area contributed by atoms with E-state index in [0.717, 1.165) is 19.3 Å². The van der Waals surface area contributed by atoms with Gasteiger partial charge in [0.15, 0.2) is 0 Å². The third kappa shape index (κ3) is 1.65. The summed E-state index contributed by atoms with van der Waals surface area (Å²) in [5, 5.41) is 0. The van der Waals surface area contributed by atoms with Crippen molar-refractivity contribution in [1.82, 2.24) is 4.57 Å². The van der Waals surface area contributed by atoms with Gasteiger partial charge in [0.05, 0.1) is 19.3 Å². The number of aromatic nitrogens is 1. The van der Waals surface area contributed by atoms with Crippen LogP contribution in [0.2, 0.25) is 0 Å². The van der Waals surface area contributed by atoms with E-state index in [9.17, 15) is 4.79 Å². The van der Waals surface area contributed by atoms with E-state index in [4.69, 9.17) is 4.74 Å². The maximum Gasteiger partial charge on any atom is 0.122 e. The van der Waals surface area contributed by atoms with Crippen LogP contribution in [0.5, 0.6) is 0 Å².